The van der Waals surface area contributed by atoms with Gasteiger partial charge in [0.25, 0.3) is 0 Å². The summed E-state index contributed by atoms with van der Waals surface area (Å²) in [5, 5.41) is 28.7. The van der Waals surface area contributed by atoms with Gasteiger partial charge >= 0.3 is 0 Å². The number of aliphatic hydroxyl groups excluding tert-OH is 3. The van der Waals surface area contributed by atoms with Gasteiger partial charge in [0.05, 0.1) is 12.2 Å². The number of ether oxygens (including phenoxy) is 2. The SMILES string of the molecule is CC1(C)O[C@@H]2[C@@H](O)[C@H](O)C[C@@H](O)[C@@H]2O1. The topological polar surface area (TPSA) is 79.2 Å². The first-order valence-electron chi connectivity index (χ1n) is 4.80. The summed E-state index contributed by atoms with van der Waals surface area (Å²) in [7, 11) is 0. The van der Waals surface area contributed by atoms with Crippen molar-refractivity contribution in [3.05, 3.63) is 0 Å². The van der Waals surface area contributed by atoms with Gasteiger partial charge in [-0.2, -0.15) is 0 Å². The quantitative estimate of drug-likeness (QED) is 0.471. The molecule has 5 heteroatoms. The molecule has 3 N–H and O–H groups in total. The van der Waals surface area contributed by atoms with E-state index in [1.54, 1.807) is 13.8 Å². The van der Waals surface area contributed by atoms with Gasteiger partial charge in [-0.3, -0.25) is 0 Å². The van der Waals surface area contributed by atoms with Crippen LogP contribution in [0.1, 0.15) is 20.3 Å². The molecule has 1 aliphatic heterocycles. The second kappa shape index (κ2) is 3.15. The molecule has 0 radical (unpaired) electrons. The molecule has 1 saturated carbocycles. The average molecular weight is 204 g/mol. The van der Waals surface area contributed by atoms with Crippen LogP contribution in [0.4, 0.5) is 0 Å². The van der Waals surface area contributed by atoms with Crippen LogP contribution in [0, 0.1) is 0 Å². The second-order valence-electron chi connectivity index (χ2n) is 4.43. The Labute approximate surface area is 82.3 Å². The third-order valence-corrected chi connectivity index (χ3v) is 2.76. The molecule has 2 rings (SSSR count). The zero-order valence-electron chi connectivity index (χ0n) is 8.25. The maximum atomic E-state index is 9.63. The van der Waals surface area contributed by atoms with Crippen LogP contribution in [0.25, 0.3) is 0 Å². The van der Waals surface area contributed by atoms with E-state index >= 15 is 0 Å². The highest BCUT2D eigenvalue weighted by atomic mass is 16.8. The summed E-state index contributed by atoms with van der Waals surface area (Å²) in [5.41, 5.74) is 0. The van der Waals surface area contributed by atoms with E-state index < -0.39 is 36.3 Å². The standard InChI is InChI=1S/C9H16O5/c1-9(2)13-7-5(11)3-4(10)6(12)8(7)14-9/h4-8,10-12H,3H2,1-2H3/t4-,5-,6+,7+,8-/m1/s1. The first-order valence-corrected chi connectivity index (χ1v) is 4.80. The molecule has 2 aliphatic rings. The number of aliphatic hydroxyl groups is 3. The molecule has 14 heavy (non-hydrogen) atoms. The van der Waals surface area contributed by atoms with Crippen LogP contribution >= 0.6 is 0 Å². The summed E-state index contributed by atoms with van der Waals surface area (Å²) >= 11 is 0. The highest BCUT2D eigenvalue weighted by Crippen LogP contribution is 2.37. The lowest BCUT2D eigenvalue weighted by Crippen LogP contribution is -2.54. The molecular formula is C9H16O5. The van der Waals surface area contributed by atoms with Gasteiger partial charge in [-0.1, -0.05) is 0 Å². The zero-order valence-corrected chi connectivity index (χ0v) is 8.25. The lowest BCUT2D eigenvalue weighted by molar-refractivity contribution is -0.159. The Morgan fingerprint density at radius 1 is 1.00 bits per heavy atom. The normalized spacial score (nSPS) is 51.6. The molecule has 1 saturated heterocycles. The fourth-order valence-corrected chi connectivity index (χ4v) is 2.12. The molecule has 0 aromatic heterocycles. The largest absolute Gasteiger partial charge is 0.390 e. The third kappa shape index (κ3) is 1.55. The van der Waals surface area contributed by atoms with Gasteiger partial charge in [-0.25, -0.2) is 0 Å². The van der Waals surface area contributed by atoms with Gasteiger partial charge in [-0.15, -0.1) is 0 Å². The molecule has 1 aliphatic carbocycles. The summed E-state index contributed by atoms with van der Waals surface area (Å²) in [4.78, 5) is 0. The minimum absolute atomic E-state index is 0.127. The van der Waals surface area contributed by atoms with Crippen LogP contribution in [0.2, 0.25) is 0 Å². The Morgan fingerprint density at radius 2 is 1.57 bits per heavy atom. The van der Waals surface area contributed by atoms with Crippen LogP contribution in [0.5, 0.6) is 0 Å². The van der Waals surface area contributed by atoms with E-state index in [2.05, 4.69) is 0 Å². The fourth-order valence-electron chi connectivity index (χ4n) is 2.12. The third-order valence-electron chi connectivity index (χ3n) is 2.76. The minimum Gasteiger partial charge on any atom is -0.390 e. The number of hydrogen-bond donors (Lipinski definition) is 3. The van der Waals surface area contributed by atoms with E-state index in [0.29, 0.717) is 0 Å². The van der Waals surface area contributed by atoms with Crippen molar-refractivity contribution in [3.8, 4) is 0 Å². The van der Waals surface area contributed by atoms with Gasteiger partial charge in [0.15, 0.2) is 5.79 Å². The molecule has 0 unspecified atom stereocenters. The van der Waals surface area contributed by atoms with Gasteiger partial charge in [0.1, 0.15) is 18.3 Å². The van der Waals surface area contributed by atoms with E-state index in [4.69, 9.17) is 9.47 Å². The van der Waals surface area contributed by atoms with Crippen molar-refractivity contribution in [2.75, 3.05) is 0 Å². The fraction of sp³-hybridized carbons (Fsp3) is 1.00. The number of hydrogen-bond acceptors (Lipinski definition) is 5. The molecule has 0 bridgehead atoms. The average Bonchev–Trinajstić information content (AvgIpc) is 2.38. The molecule has 5 nitrogen and oxygen atoms in total. The maximum absolute atomic E-state index is 9.63. The van der Waals surface area contributed by atoms with E-state index in [1.807, 2.05) is 0 Å². The summed E-state index contributed by atoms with van der Waals surface area (Å²) in [5.74, 6) is -0.804. The van der Waals surface area contributed by atoms with Gasteiger partial charge in [0.2, 0.25) is 0 Å². The smallest absolute Gasteiger partial charge is 0.164 e. The predicted octanol–water partition coefficient (Wildman–Crippen LogP) is -1.01. The zero-order chi connectivity index (χ0) is 10.5. The first kappa shape index (κ1) is 10.3. The van der Waals surface area contributed by atoms with Crippen molar-refractivity contribution in [1.82, 2.24) is 0 Å². The van der Waals surface area contributed by atoms with Crippen molar-refractivity contribution in [1.29, 1.82) is 0 Å². The molecule has 0 amide bonds. The molecular weight excluding hydrogens is 188 g/mol. The highest BCUT2D eigenvalue weighted by Gasteiger charge is 2.53. The van der Waals surface area contributed by atoms with Crippen LogP contribution in [0.15, 0.2) is 0 Å². The molecule has 1 heterocycles. The van der Waals surface area contributed by atoms with Gasteiger partial charge < -0.3 is 24.8 Å². The molecule has 0 spiro atoms. The molecule has 5 atom stereocenters. The van der Waals surface area contributed by atoms with E-state index in [0.717, 1.165) is 0 Å². The van der Waals surface area contributed by atoms with E-state index in [9.17, 15) is 15.3 Å². The van der Waals surface area contributed by atoms with Crippen molar-refractivity contribution in [3.63, 3.8) is 0 Å². The van der Waals surface area contributed by atoms with Crippen molar-refractivity contribution in [2.45, 2.75) is 56.6 Å². The van der Waals surface area contributed by atoms with E-state index in [1.165, 1.54) is 0 Å². The monoisotopic (exact) mass is 204 g/mol. The molecule has 0 aromatic rings. The summed E-state index contributed by atoms with van der Waals surface area (Å²) in [6, 6.07) is 0. The van der Waals surface area contributed by atoms with Crippen LogP contribution in [-0.4, -0.2) is 51.6 Å². The second-order valence-corrected chi connectivity index (χ2v) is 4.43. The number of fused-ring (bicyclic) bond motifs is 1. The summed E-state index contributed by atoms with van der Waals surface area (Å²) < 4.78 is 10.9. The van der Waals surface area contributed by atoms with Crippen LogP contribution in [0.3, 0.4) is 0 Å². The first-order chi connectivity index (χ1) is 6.41. The summed E-state index contributed by atoms with van der Waals surface area (Å²) in [6.07, 6.45) is -3.75. The van der Waals surface area contributed by atoms with Crippen molar-refractivity contribution < 1.29 is 24.8 Å². The lowest BCUT2D eigenvalue weighted by Gasteiger charge is -2.34. The van der Waals surface area contributed by atoms with Gasteiger partial charge in [0, 0.05) is 6.42 Å². The van der Waals surface area contributed by atoms with Crippen LogP contribution in [-0.2, 0) is 9.47 Å². The highest BCUT2D eigenvalue weighted by molar-refractivity contribution is 4.98. The Hall–Kier alpha value is -0.200. The molecule has 2 fully saturated rings. The Balaban J connectivity index is 2.18. The van der Waals surface area contributed by atoms with Crippen molar-refractivity contribution >= 4 is 0 Å². The minimum atomic E-state index is -0.981. The lowest BCUT2D eigenvalue weighted by atomic mass is 9.87. The van der Waals surface area contributed by atoms with E-state index in [-0.39, 0.29) is 6.42 Å². The predicted molar refractivity (Wildman–Crippen MR) is 46.5 cm³/mol. The summed E-state index contributed by atoms with van der Waals surface area (Å²) in [6.45, 7) is 3.44. The van der Waals surface area contributed by atoms with Crippen LogP contribution < -0.4 is 0 Å². The maximum Gasteiger partial charge on any atom is 0.164 e. The molecule has 0 aromatic carbocycles. The van der Waals surface area contributed by atoms with Crippen molar-refractivity contribution in [2.24, 2.45) is 0 Å². The Bertz CT molecular complexity index is 229. The Morgan fingerprint density at radius 3 is 2.21 bits per heavy atom. The number of rotatable bonds is 0. The molecule has 82 valence electrons. The van der Waals surface area contributed by atoms with Gasteiger partial charge in [-0.05, 0) is 13.8 Å². The Kier molecular flexibility index (Phi) is 2.32.